The van der Waals surface area contributed by atoms with Crippen molar-refractivity contribution in [2.24, 2.45) is 5.10 Å². The number of hydrogen-bond donors (Lipinski definition) is 0. The van der Waals surface area contributed by atoms with Crippen LogP contribution in [-0.2, 0) is 21.8 Å². The molecule has 2 fully saturated rings. The molecule has 14 heteroatoms. The van der Waals surface area contributed by atoms with Gasteiger partial charge in [-0.2, -0.15) is 20.1 Å². The van der Waals surface area contributed by atoms with Gasteiger partial charge in [-0.15, -0.1) is 9.24 Å². The summed E-state index contributed by atoms with van der Waals surface area (Å²) in [6, 6.07) is 20.5. The van der Waals surface area contributed by atoms with Crippen LogP contribution in [-0.4, -0.2) is 77.9 Å². The maximum absolute atomic E-state index is 6.83. The minimum atomic E-state index is -1.15. The van der Waals surface area contributed by atoms with Crippen molar-refractivity contribution in [1.29, 1.82) is 0 Å². The van der Waals surface area contributed by atoms with E-state index in [1.54, 1.807) is 12.4 Å². The minimum Gasteiger partial charge on any atom is -0.491 e. The van der Waals surface area contributed by atoms with E-state index >= 15 is 0 Å². The normalized spacial score (nSPS) is 20.7. The molecule has 3 aromatic carbocycles. The first-order valence-corrected chi connectivity index (χ1v) is 19.1. The minimum absolute atomic E-state index is 0.243. The fourth-order valence-electron chi connectivity index (χ4n) is 6.47. The van der Waals surface area contributed by atoms with Crippen molar-refractivity contribution in [1.82, 2.24) is 20.0 Å². The molecule has 4 atom stereocenters. The number of benzene rings is 3. The van der Waals surface area contributed by atoms with E-state index in [2.05, 4.69) is 79.0 Å². The van der Waals surface area contributed by atoms with E-state index in [0.717, 1.165) is 55.1 Å². The van der Waals surface area contributed by atoms with Gasteiger partial charge >= 0.3 is 0 Å². The Bertz CT molecular complexity index is 1840. The molecular weight excluding hydrogens is 718 g/mol. The zero-order valence-corrected chi connectivity index (χ0v) is 32.8. The van der Waals surface area contributed by atoms with Gasteiger partial charge in [-0.3, -0.25) is 4.90 Å². The Morgan fingerprint density at radius 2 is 1.63 bits per heavy atom. The average Bonchev–Trinajstić information content (AvgIpc) is 3.93. The standard InChI is InChI=1S/C36H41Cl2N8O3P.C2H6/c1-4-25(2)46-26(3)44(24-41-46)28-7-5-27(6-8-28)42-15-17-43(18-16-42)35-12-9-29(19-34(35)38)47-21-30-22-48-36(49-30,23-45-39-13-14-40-45)32-11-10-31(50)20-33(32)37;1-2/h5-14,19-20,24-25,30H,3-4,15-18,21-23,50H2,1-2H3;1-2H3. The highest BCUT2D eigenvalue weighted by molar-refractivity contribution is 7.27. The smallest absolute Gasteiger partial charge is 0.219 e. The monoisotopic (exact) mass is 764 g/mol. The van der Waals surface area contributed by atoms with E-state index in [1.165, 1.54) is 10.5 Å². The third kappa shape index (κ3) is 8.19. The topological polar surface area (TPSA) is 83.7 Å². The number of nitrogens with zero attached hydrogens (tertiary/aromatic N) is 8. The van der Waals surface area contributed by atoms with Gasteiger partial charge < -0.3 is 24.0 Å². The lowest BCUT2D eigenvalue weighted by Gasteiger charge is -2.38. The third-order valence-corrected chi connectivity index (χ3v) is 10.4. The fraction of sp³-hybridized carbons (Fsp3) is 0.395. The van der Waals surface area contributed by atoms with Crippen molar-refractivity contribution in [3.63, 3.8) is 0 Å². The molecule has 4 unspecified atom stereocenters. The van der Waals surface area contributed by atoms with Crippen molar-refractivity contribution in [3.8, 4) is 5.75 Å². The molecule has 0 amide bonds. The van der Waals surface area contributed by atoms with Gasteiger partial charge in [-0.05, 0) is 61.1 Å². The maximum Gasteiger partial charge on any atom is 0.219 e. The van der Waals surface area contributed by atoms with Crippen molar-refractivity contribution >= 4 is 61.1 Å². The summed E-state index contributed by atoms with van der Waals surface area (Å²) in [6.45, 7) is 16.9. The van der Waals surface area contributed by atoms with E-state index < -0.39 is 5.79 Å². The fourth-order valence-corrected chi connectivity index (χ4v) is 7.46. The SMILES string of the molecule is C=C1N(c2ccc(N3CCN(c4ccc(OCC5COC(Cn6nccn6)(c6ccc(P)cc6Cl)O5)cc4Cl)CC3)cc2)C=NN1C(C)CC.CC. The second-order valence-corrected chi connectivity index (χ2v) is 14.1. The van der Waals surface area contributed by atoms with Gasteiger partial charge in [0.2, 0.25) is 5.79 Å². The Balaban J connectivity index is 0.00000228. The lowest BCUT2D eigenvalue weighted by molar-refractivity contribution is -0.192. The predicted octanol–water partition coefficient (Wildman–Crippen LogP) is 7.12. The summed E-state index contributed by atoms with van der Waals surface area (Å²) in [7, 11) is 2.65. The van der Waals surface area contributed by atoms with Gasteiger partial charge in [0.05, 0.1) is 35.8 Å². The first kappa shape index (κ1) is 37.9. The molecule has 2 saturated heterocycles. The van der Waals surface area contributed by atoms with Crippen LogP contribution in [0.5, 0.6) is 5.75 Å². The highest BCUT2D eigenvalue weighted by Crippen LogP contribution is 2.40. The van der Waals surface area contributed by atoms with Crippen LogP contribution >= 0.6 is 32.4 Å². The van der Waals surface area contributed by atoms with Gasteiger partial charge in [0.25, 0.3) is 0 Å². The second-order valence-electron chi connectivity index (χ2n) is 12.6. The first-order valence-electron chi connectivity index (χ1n) is 17.8. The van der Waals surface area contributed by atoms with Crippen LogP contribution < -0.4 is 24.7 Å². The molecule has 0 aliphatic carbocycles. The van der Waals surface area contributed by atoms with Crippen LogP contribution in [0.1, 0.15) is 39.7 Å². The molecule has 276 valence electrons. The molecule has 4 heterocycles. The van der Waals surface area contributed by atoms with Crippen molar-refractivity contribution in [2.75, 3.05) is 54.1 Å². The Morgan fingerprint density at radius 3 is 2.31 bits per heavy atom. The second kappa shape index (κ2) is 16.9. The number of hydrogen-bond acceptors (Lipinski definition) is 10. The summed E-state index contributed by atoms with van der Waals surface area (Å²) in [5, 5.41) is 17.2. The summed E-state index contributed by atoms with van der Waals surface area (Å²) in [4.78, 5) is 8.29. The summed E-state index contributed by atoms with van der Waals surface area (Å²) in [5.41, 5.74) is 3.95. The number of ether oxygens (including phenoxy) is 3. The first-order chi connectivity index (χ1) is 25.2. The van der Waals surface area contributed by atoms with Gasteiger partial charge in [0.15, 0.2) is 0 Å². The molecule has 3 aliphatic rings. The lowest BCUT2D eigenvalue weighted by Crippen LogP contribution is -2.46. The summed E-state index contributed by atoms with van der Waals surface area (Å²) in [5.74, 6) is 0.385. The highest BCUT2D eigenvalue weighted by Gasteiger charge is 2.46. The molecule has 0 radical (unpaired) electrons. The Labute approximate surface area is 318 Å². The van der Waals surface area contributed by atoms with Crippen LogP contribution in [0.15, 0.2) is 90.6 Å². The van der Waals surface area contributed by atoms with Crippen LogP contribution in [0.2, 0.25) is 10.0 Å². The Kier molecular flexibility index (Phi) is 12.3. The Hall–Kier alpha value is -3.86. The number of rotatable bonds is 11. The predicted molar refractivity (Wildman–Crippen MR) is 214 cm³/mol. The lowest BCUT2D eigenvalue weighted by atomic mass is 10.1. The van der Waals surface area contributed by atoms with Crippen LogP contribution in [0.3, 0.4) is 0 Å². The molecule has 52 heavy (non-hydrogen) atoms. The quantitative estimate of drug-likeness (QED) is 0.148. The van der Waals surface area contributed by atoms with Crippen molar-refractivity contribution in [2.45, 2.75) is 58.6 Å². The number of anilines is 3. The molecule has 0 saturated carbocycles. The van der Waals surface area contributed by atoms with Crippen molar-refractivity contribution in [3.05, 3.63) is 101 Å². The van der Waals surface area contributed by atoms with Gasteiger partial charge in [0, 0.05) is 54.2 Å². The summed E-state index contributed by atoms with van der Waals surface area (Å²) in [6.07, 6.45) is 5.73. The third-order valence-electron chi connectivity index (χ3n) is 9.39. The van der Waals surface area contributed by atoms with Crippen LogP contribution in [0, 0.1) is 0 Å². The molecule has 11 nitrogen and oxygen atoms in total. The average molecular weight is 766 g/mol. The van der Waals surface area contributed by atoms with Crippen LogP contribution in [0.25, 0.3) is 0 Å². The molecule has 0 bridgehead atoms. The molecule has 0 N–H and O–H groups in total. The van der Waals surface area contributed by atoms with Gasteiger partial charge in [-0.1, -0.05) is 62.7 Å². The highest BCUT2D eigenvalue weighted by atomic mass is 35.5. The zero-order valence-electron chi connectivity index (χ0n) is 30.2. The Morgan fingerprint density at radius 1 is 0.942 bits per heavy atom. The molecule has 0 spiro atoms. The molecule has 3 aliphatic heterocycles. The van der Waals surface area contributed by atoms with E-state index in [1.807, 2.05) is 66.5 Å². The number of piperazine rings is 1. The number of halogens is 2. The molecular formula is C38H47Cl2N8O3P. The van der Waals surface area contributed by atoms with Crippen molar-refractivity contribution < 1.29 is 14.2 Å². The van der Waals surface area contributed by atoms with E-state index in [-0.39, 0.29) is 19.3 Å². The number of hydrazone groups is 1. The molecule has 4 aromatic rings. The van der Waals surface area contributed by atoms with E-state index in [0.29, 0.717) is 34.0 Å². The maximum atomic E-state index is 6.83. The van der Waals surface area contributed by atoms with Crippen LogP contribution in [0.4, 0.5) is 17.1 Å². The van der Waals surface area contributed by atoms with Gasteiger partial charge in [-0.25, -0.2) is 5.01 Å². The zero-order chi connectivity index (χ0) is 36.8. The number of aromatic nitrogens is 3. The summed E-state index contributed by atoms with van der Waals surface area (Å²) >= 11 is 13.5. The largest absolute Gasteiger partial charge is 0.491 e. The molecule has 7 rings (SSSR count). The van der Waals surface area contributed by atoms with Gasteiger partial charge in [0.1, 0.15) is 37.2 Å². The molecule has 1 aromatic heterocycles. The van der Waals surface area contributed by atoms with E-state index in [4.69, 9.17) is 37.4 Å². The summed E-state index contributed by atoms with van der Waals surface area (Å²) < 4.78 is 19.0. The van der Waals surface area contributed by atoms with E-state index in [9.17, 15) is 0 Å².